The van der Waals surface area contributed by atoms with E-state index < -0.39 is 5.54 Å². The number of halogens is 1. The quantitative estimate of drug-likeness (QED) is 0.506. The fraction of sp³-hybridized carbons (Fsp3) is 0.304. The molecule has 1 unspecified atom stereocenters. The van der Waals surface area contributed by atoms with Gasteiger partial charge in [-0.3, -0.25) is 9.36 Å². The molecule has 160 valence electrons. The summed E-state index contributed by atoms with van der Waals surface area (Å²) in [6.07, 6.45) is 0. The summed E-state index contributed by atoms with van der Waals surface area (Å²) in [6, 6.07) is 17.6. The summed E-state index contributed by atoms with van der Waals surface area (Å²) >= 11 is 7.34. The third-order valence-corrected chi connectivity index (χ3v) is 6.29. The average molecular weight is 454 g/mol. The summed E-state index contributed by atoms with van der Waals surface area (Å²) in [4.78, 5) is 12.6. The number of nitrogens with zero attached hydrogens (tertiary/aromatic N) is 4. The van der Waals surface area contributed by atoms with Gasteiger partial charge in [-0.05, 0) is 50.1 Å². The molecule has 0 aliphatic rings. The van der Waals surface area contributed by atoms with Crippen LogP contribution in [0.15, 0.2) is 53.7 Å². The Hall–Kier alpha value is -2.82. The van der Waals surface area contributed by atoms with E-state index in [-0.39, 0.29) is 17.6 Å². The lowest BCUT2D eigenvalue weighted by atomic mass is 9.90. The summed E-state index contributed by atoms with van der Waals surface area (Å²) in [6.45, 7) is 7.56. The third-order valence-electron chi connectivity index (χ3n) is 5.11. The van der Waals surface area contributed by atoms with Gasteiger partial charge in [-0.15, -0.1) is 10.2 Å². The predicted molar refractivity (Wildman–Crippen MR) is 124 cm³/mol. The van der Waals surface area contributed by atoms with Crippen molar-refractivity contribution in [3.05, 3.63) is 59.1 Å². The molecule has 3 aromatic rings. The maximum Gasteiger partial charge on any atom is 0.231 e. The first kappa shape index (κ1) is 22.9. The average Bonchev–Trinajstić information content (AvgIpc) is 3.16. The van der Waals surface area contributed by atoms with Crippen molar-refractivity contribution in [2.75, 3.05) is 5.75 Å². The molecule has 0 spiro atoms. The smallest absolute Gasteiger partial charge is 0.231 e. The van der Waals surface area contributed by atoms with Crippen LogP contribution in [0.4, 0.5) is 0 Å². The monoisotopic (exact) mass is 453 g/mol. The van der Waals surface area contributed by atoms with Gasteiger partial charge in [-0.25, -0.2) is 0 Å². The Morgan fingerprint density at radius 2 is 1.97 bits per heavy atom. The molecule has 1 atom stereocenters. The number of hydrogen-bond acceptors (Lipinski definition) is 5. The number of aromatic nitrogens is 3. The zero-order chi connectivity index (χ0) is 22.6. The standard InChI is InChI=1S/C23H24ClN5OS/c1-15(2)23(4,14-25)26-20(30)13-31-22-28-27-21(17-7-5-6-16(3)12-17)29(22)19-10-8-18(24)9-11-19/h5-12,15H,13H2,1-4H3,(H,26,30). The number of carbonyl (C=O) groups is 1. The molecule has 6 nitrogen and oxygen atoms in total. The van der Waals surface area contributed by atoms with Gasteiger partial charge in [0.05, 0.1) is 11.8 Å². The lowest BCUT2D eigenvalue weighted by molar-refractivity contribution is -0.120. The first-order valence-electron chi connectivity index (χ1n) is 9.87. The Labute approximate surface area is 191 Å². The number of thioether (sulfide) groups is 1. The molecule has 0 radical (unpaired) electrons. The van der Waals surface area contributed by atoms with E-state index in [1.807, 2.05) is 61.7 Å². The molecule has 3 rings (SSSR count). The van der Waals surface area contributed by atoms with Crippen LogP contribution in [0, 0.1) is 24.2 Å². The zero-order valence-corrected chi connectivity index (χ0v) is 19.5. The highest BCUT2D eigenvalue weighted by Crippen LogP contribution is 2.29. The van der Waals surface area contributed by atoms with Crippen LogP contribution in [-0.4, -0.2) is 32.0 Å². The molecule has 8 heteroatoms. The fourth-order valence-electron chi connectivity index (χ4n) is 2.91. The molecule has 31 heavy (non-hydrogen) atoms. The molecular formula is C23H24ClN5OS. The van der Waals surface area contributed by atoms with Gasteiger partial charge in [-0.1, -0.05) is 61.0 Å². The number of rotatable bonds is 7. The fourth-order valence-corrected chi connectivity index (χ4v) is 3.79. The molecule has 0 saturated heterocycles. The van der Waals surface area contributed by atoms with E-state index in [0.717, 1.165) is 16.8 Å². The van der Waals surface area contributed by atoms with Crippen LogP contribution >= 0.6 is 23.4 Å². The lowest BCUT2D eigenvalue weighted by Crippen LogP contribution is -2.49. The van der Waals surface area contributed by atoms with Crippen molar-refractivity contribution in [3.8, 4) is 23.1 Å². The minimum atomic E-state index is -0.922. The Bertz CT molecular complexity index is 1120. The number of hydrogen-bond donors (Lipinski definition) is 1. The SMILES string of the molecule is Cc1cccc(-c2nnc(SCC(=O)NC(C)(C#N)C(C)C)n2-c2ccc(Cl)cc2)c1. The molecule has 0 aliphatic carbocycles. The molecule has 0 aliphatic heterocycles. The maximum absolute atomic E-state index is 12.6. The van der Waals surface area contributed by atoms with Gasteiger partial charge in [0.1, 0.15) is 5.54 Å². The Morgan fingerprint density at radius 1 is 1.26 bits per heavy atom. The summed E-state index contributed by atoms with van der Waals surface area (Å²) in [7, 11) is 0. The molecule has 2 aromatic carbocycles. The molecule has 0 saturated carbocycles. The van der Waals surface area contributed by atoms with Crippen LogP contribution in [0.2, 0.25) is 5.02 Å². The van der Waals surface area contributed by atoms with Crippen LogP contribution in [0.3, 0.4) is 0 Å². The van der Waals surface area contributed by atoms with Gasteiger partial charge in [-0.2, -0.15) is 5.26 Å². The van der Waals surface area contributed by atoms with Crippen molar-refractivity contribution < 1.29 is 4.79 Å². The Kier molecular flexibility index (Phi) is 7.04. The van der Waals surface area contributed by atoms with E-state index in [4.69, 9.17) is 11.6 Å². The first-order valence-corrected chi connectivity index (χ1v) is 11.2. The summed E-state index contributed by atoms with van der Waals surface area (Å²) in [5.41, 5.74) is 1.96. The van der Waals surface area contributed by atoms with Gasteiger partial charge < -0.3 is 5.32 Å². The second-order valence-corrected chi connectivity index (χ2v) is 9.17. The predicted octanol–water partition coefficient (Wildman–Crippen LogP) is 5.04. The largest absolute Gasteiger partial charge is 0.337 e. The van der Waals surface area contributed by atoms with E-state index in [0.29, 0.717) is 16.0 Å². The highest BCUT2D eigenvalue weighted by molar-refractivity contribution is 7.99. The number of aryl methyl sites for hydroxylation is 1. The van der Waals surface area contributed by atoms with E-state index in [1.165, 1.54) is 11.8 Å². The molecule has 0 fully saturated rings. The van der Waals surface area contributed by atoms with Crippen LogP contribution < -0.4 is 5.32 Å². The van der Waals surface area contributed by atoms with Crippen LogP contribution in [-0.2, 0) is 4.79 Å². The molecule has 1 N–H and O–H groups in total. The van der Waals surface area contributed by atoms with Gasteiger partial charge in [0.15, 0.2) is 11.0 Å². The summed E-state index contributed by atoms with van der Waals surface area (Å²) < 4.78 is 1.91. The molecule has 0 bridgehead atoms. The lowest BCUT2D eigenvalue weighted by Gasteiger charge is -2.27. The highest BCUT2D eigenvalue weighted by Gasteiger charge is 2.30. The topological polar surface area (TPSA) is 83.6 Å². The van der Waals surface area contributed by atoms with Gasteiger partial charge >= 0.3 is 0 Å². The van der Waals surface area contributed by atoms with Crippen molar-refractivity contribution in [1.82, 2.24) is 20.1 Å². The van der Waals surface area contributed by atoms with Crippen molar-refractivity contribution in [2.24, 2.45) is 5.92 Å². The summed E-state index contributed by atoms with van der Waals surface area (Å²) in [5, 5.41) is 22.2. The van der Waals surface area contributed by atoms with Crippen LogP contribution in [0.5, 0.6) is 0 Å². The van der Waals surface area contributed by atoms with Crippen molar-refractivity contribution >= 4 is 29.3 Å². The van der Waals surface area contributed by atoms with Crippen molar-refractivity contribution in [2.45, 2.75) is 38.4 Å². The molecule has 1 aromatic heterocycles. The Balaban J connectivity index is 1.91. The minimum Gasteiger partial charge on any atom is -0.337 e. The minimum absolute atomic E-state index is 0.0166. The number of amides is 1. The third kappa shape index (κ3) is 5.27. The number of nitrogens with one attached hydrogen (secondary N) is 1. The number of carbonyl (C=O) groups excluding carboxylic acids is 1. The van der Waals surface area contributed by atoms with Crippen LogP contribution in [0.1, 0.15) is 26.3 Å². The van der Waals surface area contributed by atoms with Gasteiger partial charge in [0.2, 0.25) is 5.91 Å². The second-order valence-electron chi connectivity index (χ2n) is 7.79. The maximum atomic E-state index is 12.6. The van der Waals surface area contributed by atoms with E-state index in [1.54, 1.807) is 19.1 Å². The highest BCUT2D eigenvalue weighted by atomic mass is 35.5. The zero-order valence-electron chi connectivity index (χ0n) is 17.9. The number of benzene rings is 2. The van der Waals surface area contributed by atoms with Crippen molar-refractivity contribution in [1.29, 1.82) is 5.26 Å². The van der Waals surface area contributed by atoms with E-state index in [2.05, 4.69) is 21.6 Å². The van der Waals surface area contributed by atoms with E-state index in [9.17, 15) is 10.1 Å². The molecule has 1 amide bonds. The van der Waals surface area contributed by atoms with Crippen molar-refractivity contribution in [3.63, 3.8) is 0 Å². The second kappa shape index (κ2) is 9.54. The molecule has 1 heterocycles. The Morgan fingerprint density at radius 3 is 2.58 bits per heavy atom. The molecular weight excluding hydrogens is 430 g/mol. The van der Waals surface area contributed by atoms with Gasteiger partial charge in [0, 0.05) is 16.3 Å². The van der Waals surface area contributed by atoms with E-state index >= 15 is 0 Å². The van der Waals surface area contributed by atoms with Gasteiger partial charge in [0.25, 0.3) is 0 Å². The number of nitriles is 1. The van der Waals surface area contributed by atoms with Crippen LogP contribution in [0.25, 0.3) is 17.1 Å². The normalized spacial score (nSPS) is 12.9. The first-order chi connectivity index (χ1) is 14.7. The summed E-state index contributed by atoms with van der Waals surface area (Å²) in [5.74, 6) is 0.546.